The maximum Gasteiger partial charge on any atom is 0.332 e. The number of hydrogen-bond donors (Lipinski definition) is 1. The SMILES string of the molecule is Cn1c(=O)c2c(nc(N3CCC[NH2+]CC3)n2Cc2ccc(Cl)cc2)n(C)c1=O. The first-order valence-electron chi connectivity index (χ1n) is 9.44. The van der Waals surface area contributed by atoms with Crippen LogP contribution < -0.4 is 21.5 Å². The summed E-state index contributed by atoms with van der Waals surface area (Å²) in [6, 6.07) is 7.57. The topological polar surface area (TPSA) is 81.7 Å². The number of halogens is 1. The molecule has 1 aliphatic heterocycles. The summed E-state index contributed by atoms with van der Waals surface area (Å²) in [7, 11) is 3.16. The van der Waals surface area contributed by atoms with Crippen LogP contribution >= 0.6 is 11.6 Å². The maximum absolute atomic E-state index is 13.0. The minimum Gasteiger partial charge on any atom is -0.345 e. The lowest BCUT2D eigenvalue weighted by atomic mass is 10.2. The van der Waals surface area contributed by atoms with Crippen molar-refractivity contribution in [3.8, 4) is 0 Å². The molecule has 28 heavy (non-hydrogen) atoms. The van der Waals surface area contributed by atoms with E-state index in [0.717, 1.165) is 48.7 Å². The largest absolute Gasteiger partial charge is 0.345 e. The van der Waals surface area contributed by atoms with Crippen LogP contribution in [0.3, 0.4) is 0 Å². The molecule has 0 aliphatic carbocycles. The number of fused-ring (bicyclic) bond motifs is 1. The number of rotatable bonds is 3. The molecular weight excluding hydrogens is 380 g/mol. The van der Waals surface area contributed by atoms with Crippen molar-refractivity contribution in [2.75, 3.05) is 31.1 Å². The van der Waals surface area contributed by atoms with E-state index in [4.69, 9.17) is 16.6 Å². The van der Waals surface area contributed by atoms with Crippen LogP contribution in [0, 0.1) is 0 Å². The van der Waals surface area contributed by atoms with Gasteiger partial charge in [-0.15, -0.1) is 0 Å². The van der Waals surface area contributed by atoms with E-state index in [2.05, 4.69) is 10.2 Å². The number of aromatic nitrogens is 4. The maximum atomic E-state index is 13.0. The Morgan fingerprint density at radius 3 is 2.57 bits per heavy atom. The van der Waals surface area contributed by atoms with Crippen molar-refractivity contribution in [3.63, 3.8) is 0 Å². The van der Waals surface area contributed by atoms with E-state index in [1.807, 2.05) is 28.8 Å². The van der Waals surface area contributed by atoms with Crippen molar-refractivity contribution in [2.45, 2.75) is 13.0 Å². The smallest absolute Gasteiger partial charge is 0.332 e. The van der Waals surface area contributed by atoms with Crippen molar-refractivity contribution < 1.29 is 5.32 Å². The summed E-state index contributed by atoms with van der Waals surface area (Å²) in [4.78, 5) is 32.3. The van der Waals surface area contributed by atoms with Gasteiger partial charge in [0.15, 0.2) is 11.2 Å². The zero-order valence-corrected chi connectivity index (χ0v) is 16.8. The number of nitrogens with two attached hydrogens (primary N) is 1. The summed E-state index contributed by atoms with van der Waals surface area (Å²) in [5.41, 5.74) is 1.19. The first-order valence-corrected chi connectivity index (χ1v) is 9.82. The van der Waals surface area contributed by atoms with Crippen molar-refractivity contribution in [3.05, 3.63) is 55.7 Å². The molecule has 9 heteroatoms. The fraction of sp³-hybridized carbons (Fsp3) is 0.421. The van der Waals surface area contributed by atoms with E-state index in [0.29, 0.717) is 22.7 Å². The quantitative estimate of drug-likeness (QED) is 0.662. The molecule has 1 aliphatic rings. The lowest BCUT2D eigenvalue weighted by molar-refractivity contribution is -0.650. The van der Waals surface area contributed by atoms with Gasteiger partial charge in [-0.25, -0.2) is 4.79 Å². The average Bonchev–Trinajstić information content (AvgIpc) is 2.87. The van der Waals surface area contributed by atoms with Crippen LogP contribution in [0.1, 0.15) is 12.0 Å². The summed E-state index contributed by atoms with van der Waals surface area (Å²) in [6.45, 7) is 4.25. The Morgan fingerprint density at radius 1 is 1.07 bits per heavy atom. The highest BCUT2D eigenvalue weighted by molar-refractivity contribution is 6.30. The summed E-state index contributed by atoms with van der Waals surface area (Å²) < 4.78 is 4.52. The molecule has 3 heterocycles. The highest BCUT2D eigenvalue weighted by atomic mass is 35.5. The Bertz CT molecular complexity index is 1120. The first kappa shape index (κ1) is 18.8. The van der Waals surface area contributed by atoms with Gasteiger partial charge in [-0.3, -0.25) is 18.5 Å². The van der Waals surface area contributed by atoms with Crippen LogP contribution in [0.5, 0.6) is 0 Å². The number of quaternary nitrogens is 1. The molecule has 1 saturated heterocycles. The lowest BCUT2D eigenvalue weighted by Crippen LogP contribution is -2.84. The third-order valence-electron chi connectivity index (χ3n) is 5.30. The first-order chi connectivity index (χ1) is 13.5. The number of benzene rings is 1. The third-order valence-corrected chi connectivity index (χ3v) is 5.56. The standard InChI is InChI=1S/C19H23ClN6O2/c1-23-16-15(17(27)24(2)19(23)28)26(12-13-4-6-14(20)7-5-13)18(22-16)25-10-3-8-21-9-11-25/h4-7,21H,3,8-12H2,1-2H3/p+1. The predicted octanol–water partition coefficient (Wildman–Crippen LogP) is -0.0911. The van der Waals surface area contributed by atoms with Crippen LogP contribution in [-0.2, 0) is 20.6 Å². The molecule has 2 aromatic heterocycles. The summed E-state index contributed by atoms with van der Waals surface area (Å²) in [6.07, 6.45) is 1.04. The fourth-order valence-electron chi connectivity index (χ4n) is 3.73. The van der Waals surface area contributed by atoms with Crippen molar-refractivity contribution in [1.29, 1.82) is 0 Å². The molecule has 8 nitrogen and oxygen atoms in total. The van der Waals surface area contributed by atoms with E-state index < -0.39 is 0 Å². The zero-order chi connectivity index (χ0) is 19.8. The van der Waals surface area contributed by atoms with Gasteiger partial charge in [0.2, 0.25) is 5.95 Å². The predicted molar refractivity (Wildman–Crippen MR) is 109 cm³/mol. The van der Waals surface area contributed by atoms with E-state index in [1.165, 1.54) is 11.6 Å². The Labute approximate surface area is 167 Å². The van der Waals surface area contributed by atoms with Crippen LogP contribution in [-0.4, -0.2) is 44.9 Å². The van der Waals surface area contributed by atoms with Crippen LogP contribution in [0.4, 0.5) is 5.95 Å². The van der Waals surface area contributed by atoms with Gasteiger partial charge in [0.1, 0.15) is 0 Å². The van der Waals surface area contributed by atoms with Gasteiger partial charge in [0.25, 0.3) is 5.56 Å². The number of aryl methyl sites for hydroxylation is 1. The second-order valence-corrected chi connectivity index (χ2v) is 7.65. The molecule has 3 aromatic rings. The van der Waals surface area contributed by atoms with E-state index in [9.17, 15) is 9.59 Å². The minimum absolute atomic E-state index is 0.327. The second kappa shape index (κ2) is 7.44. The molecule has 1 fully saturated rings. The Balaban J connectivity index is 1.94. The summed E-state index contributed by atoms with van der Waals surface area (Å²) >= 11 is 6.02. The van der Waals surface area contributed by atoms with Gasteiger partial charge in [-0.05, 0) is 17.7 Å². The highest BCUT2D eigenvalue weighted by Gasteiger charge is 2.24. The van der Waals surface area contributed by atoms with Crippen LogP contribution in [0.15, 0.2) is 33.9 Å². The van der Waals surface area contributed by atoms with Crippen molar-refractivity contribution >= 4 is 28.7 Å². The van der Waals surface area contributed by atoms with Gasteiger partial charge in [-0.1, -0.05) is 23.7 Å². The Hall–Kier alpha value is -2.58. The molecule has 0 bridgehead atoms. The normalized spacial score (nSPS) is 15.2. The zero-order valence-electron chi connectivity index (χ0n) is 16.1. The molecule has 0 atom stereocenters. The average molecular weight is 404 g/mol. The van der Waals surface area contributed by atoms with E-state index >= 15 is 0 Å². The molecule has 1 aromatic carbocycles. The fourth-order valence-corrected chi connectivity index (χ4v) is 3.85. The number of imidazole rings is 1. The van der Waals surface area contributed by atoms with Gasteiger partial charge in [0.05, 0.1) is 26.2 Å². The Morgan fingerprint density at radius 2 is 1.82 bits per heavy atom. The number of hydrogen-bond acceptors (Lipinski definition) is 4. The van der Waals surface area contributed by atoms with Crippen molar-refractivity contribution in [2.24, 2.45) is 14.1 Å². The van der Waals surface area contributed by atoms with Gasteiger partial charge in [-0.2, -0.15) is 4.98 Å². The molecule has 0 saturated carbocycles. The molecular formula is C19H24ClN6O2+. The molecule has 0 spiro atoms. The molecule has 0 radical (unpaired) electrons. The monoisotopic (exact) mass is 403 g/mol. The third kappa shape index (κ3) is 3.22. The molecule has 4 rings (SSSR count). The van der Waals surface area contributed by atoms with Crippen molar-refractivity contribution in [1.82, 2.24) is 18.7 Å². The minimum atomic E-state index is -0.371. The Kier molecular flexibility index (Phi) is 4.99. The number of anilines is 1. The number of nitrogens with zero attached hydrogens (tertiary/aromatic N) is 5. The molecule has 0 amide bonds. The summed E-state index contributed by atoms with van der Waals surface area (Å²) in [5, 5.41) is 2.96. The molecule has 0 unspecified atom stereocenters. The lowest BCUT2D eigenvalue weighted by Gasteiger charge is -2.21. The van der Waals surface area contributed by atoms with Gasteiger partial charge >= 0.3 is 5.69 Å². The van der Waals surface area contributed by atoms with E-state index in [-0.39, 0.29) is 11.2 Å². The highest BCUT2D eigenvalue weighted by Crippen LogP contribution is 2.22. The molecule has 148 valence electrons. The van der Waals surface area contributed by atoms with Gasteiger partial charge in [0, 0.05) is 32.1 Å². The van der Waals surface area contributed by atoms with Crippen LogP contribution in [0.2, 0.25) is 5.02 Å². The summed E-state index contributed by atoms with van der Waals surface area (Å²) in [5.74, 6) is 0.735. The van der Waals surface area contributed by atoms with E-state index in [1.54, 1.807) is 7.05 Å². The van der Waals surface area contributed by atoms with Gasteiger partial charge < -0.3 is 10.2 Å². The molecule has 2 N–H and O–H groups in total. The van der Waals surface area contributed by atoms with Crippen LogP contribution in [0.25, 0.3) is 11.2 Å². The second-order valence-electron chi connectivity index (χ2n) is 7.21.